The third-order valence-electron chi connectivity index (χ3n) is 4.38. The van der Waals surface area contributed by atoms with Gasteiger partial charge in [-0.1, -0.05) is 13.8 Å². The highest BCUT2D eigenvalue weighted by Crippen LogP contribution is 2.67. The van der Waals surface area contributed by atoms with E-state index < -0.39 is 0 Å². The first-order chi connectivity index (χ1) is 8.95. The van der Waals surface area contributed by atoms with Gasteiger partial charge in [0.25, 0.3) is 0 Å². The third-order valence-corrected chi connectivity index (χ3v) is 4.38. The maximum atomic E-state index is 9.87. The third kappa shape index (κ3) is 1.94. The average molecular weight is 266 g/mol. The molecule has 4 heteroatoms. The van der Waals surface area contributed by atoms with Gasteiger partial charge in [-0.15, -0.1) is 0 Å². The van der Waals surface area contributed by atoms with E-state index in [1.807, 2.05) is 12.1 Å². The van der Waals surface area contributed by atoms with Gasteiger partial charge >= 0.3 is 0 Å². The molecule has 1 aliphatic carbocycles. The quantitative estimate of drug-likeness (QED) is 0.889. The Balaban J connectivity index is 2.62. The van der Waals surface area contributed by atoms with E-state index >= 15 is 0 Å². The van der Waals surface area contributed by atoms with Gasteiger partial charge < -0.3 is 19.3 Å². The molecule has 1 N–H and O–H groups in total. The van der Waals surface area contributed by atoms with Gasteiger partial charge in [0.05, 0.1) is 27.9 Å². The van der Waals surface area contributed by atoms with Gasteiger partial charge in [-0.05, 0) is 11.8 Å². The lowest BCUT2D eigenvalue weighted by Crippen LogP contribution is -2.21. The van der Waals surface area contributed by atoms with E-state index in [0.717, 1.165) is 12.0 Å². The fraction of sp³-hybridized carbons (Fsp3) is 0.600. The molecule has 1 aromatic rings. The first-order valence-corrected chi connectivity index (χ1v) is 6.37. The predicted octanol–water partition coefficient (Wildman–Crippen LogP) is 2.37. The molecule has 19 heavy (non-hydrogen) atoms. The monoisotopic (exact) mass is 266 g/mol. The Hall–Kier alpha value is -1.42. The van der Waals surface area contributed by atoms with Crippen molar-refractivity contribution < 1.29 is 19.3 Å². The van der Waals surface area contributed by atoms with Crippen LogP contribution in [0.5, 0.6) is 17.2 Å². The van der Waals surface area contributed by atoms with Crippen LogP contribution in [-0.2, 0) is 5.41 Å². The topological polar surface area (TPSA) is 47.9 Å². The van der Waals surface area contributed by atoms with Crippen LogP contribution in [0.1, 0.15) is 25.8 Å². The van der Waals surface area contributed by atoms with Crippen molar-refractivity contribution in [2.24, 2.45) is 5.41 Å². The van der Waals surface area contributed by atoms with Crippen LogP contribution in [0.25, 0.3) is 0 Å². The molecular weight excluding hydrogens is 244 g/mol. The highest BCUT2D eigenvalue weighted by molar-refractivity contribution is 5.58. The summed E-state index contributed by atoms with van der Waals surface area (Å²) in [5, 5.41) is 9.87. The second-order valence-electron chi connectivity index (χ2n) is 5.71. The Kier molecular flexibility index (Phi) is 3.39. The molecule has 0 amide bonds. The predicted molar refractivity (Wildman–Crippen MR) is 73.3 cm³/mol. The molecule has 0 heterocycles. The normalized spacial score (nSPS) is 23.9. The van der Waals surface area contributed by atoms with Crippen molar-refractivity contribution in [2.75, 3.05) is 27.9 Å². The van der Waals surface area contributed by atoms with E-state index in [1.54, 1.807) is 21.3 Å². The maximum Gasteiger partial charge on any atom is 0.130 e. The number of aliphatic hydroxyl groups is 1. The summed E-state index contributed by atoms with van der Waals surface area (Å²) in [6.07, 6.45) is 0.912. The van der Waals surface area contributed by atoms with Gasteiger partial charge in [0.15, 0.2) is 0 Å². The summed E-state index contributed by atoms with van der Waals surface area (Å²) in [6.45, 7) is 4.37. The summed E-state index contributed by atoms with van der Waals surface area (Å²) in [5.74, 6) is 2.09. The molecular formula is C15H22O4. The highest BCUT2D eigenvalue weighted by Gasteiger charge is 2.64. The Labute approximate surface area is 114 Å². The molecule has 2 rings (SSSR count). The standard InChI is InChI=1S/C15H22O4/c1-14(2)8-15(14,9-16)13-11(18-4)6-10(17-3)7-12(13)19-5/h6-7,16H,8-9H2,1-5H3. The Morgan fingerprint density at radius 2 is 1.53 bits per heavy atom. The zero-order chi connectivity index (χ0) is 14.3. The first kappa shape index (κ1) is 14.0. The van der Waals surface area contributed by atoms with Crippen LogP contribution in [0, 0.1) is 5.41 Å². The summed E-state index contributed by atoms with van der Waals surface area (Å²) >= 11 is 0. The number of hydrogen-bond acceptors (Lipinski definition) is 4. The van der Waals surface area contributed by atoms with Crippen LogP contribution in [0.4, 0.5) is 0 Å². The van der Waals surface area contributed by atoms with E-state index in [2.05, 4.69) is 13.8 Å². The van der Waals surface area contributed by atoms with Crippen molar-refractivity contribution in [3.63, 3.8) is 0 Å². The van der Waals surface area contributed by atoms with Crippen LogP contribution < -0.4 is 14.2 Å². The molecule has 1 unspecified atom stereocenters. The fourth-order valence-corrected chi connectivity index (χ4v) is 2.96. The summed E-state index contributed by atoms with van der Waals surface area (Å²) in [6, 6.07) is 3.67. The van der Waals surface area contributed by atoms with E-state index in [4.69, 9.17) is 14.2 Å². The van der Waals surface area contributed by atoms with E-state index in [0.29, 0.717) is 17.2 Å². The van der Waals surface area contributed by atoms with E-state index in [9.17, 15) is 5.11 Å². The van der Waals surface area contributed by atoms with Crippen molar-refractivity contribution in [3.05, 3.63) is 17.7 Å². The van der Waals surface area contributed by atoms with Crippen LogP contribution in [0.3, 0.4) is 0 Å². The lowest BCUT2D eigenvalue weighted by molar-refractivity contribution is 0.223. The molecule has 0 spiro atoms. The SMILES string of the molecule is COc1cc(OC)c(C2(CO)CC2(C)C)c(OC)c1. The minimum atomic E-state index is -0.296. The van der Waals surface area contributed by atoms with E-state index in [-0.39, 0.29) is 17.4 Å². The minimum Gasteiger partial charge on any atom is -0.496 e. The second kappa shape index (κ2) is 4.60. The number of ether oxygens (including phenoxy) is 3. The summed E-state index contributed by atoms with van der Waals surface area (Å²) in [5.41, 5.74) is 0.679. The molecule has 0 saturated heterocycles. The molecule has 1 aromatic carbocycles. The first-order valence-electron chi connectivity index (χ1n) is 6.37. The van der Waals surface area contributed by atoms with Crippen molar-refractivity contribution in [1.82, 2.24) is 0 Å². The molecule has 1 saturated carbocycles. The smallest absolute Gasteiger partial charge is 0.130 e. The van der Waals surface area contributed by atoms with Gasteiger partial charge in [-0.25, -0.2) is 0 Å². The van der Waals surface area contributed by atoms with Crippen molar-refractivity contribution in [2.45, 2.75) is 25.7 Å². The molecule has 1 atom stereocenters. The summed E-state index contributed by atoms with van der Waals surface area (Å²) in [4.78, 5) is 0. The van der Waals surface area contributed by atoms with Gasteiger partial charge in [-0.3, -0.25) is 0 Å². The Morgan fingerprint density at radius 3 is 1.79 bits per heavy atom. The molecule has 0 radical (unpaired) electrons. The van der Waals surface area contributed by atoms with E-state index in [1.165, 1.54) is 0 Å². The molecule has 0 bridgehead atoms. The molecule has 0 aromatic heterocycles. The summed E-state index contributed by atoms with van der Waals surface area (Å²) in [7, 11) is 4.85. The lowest BCUT2D eigenvalue weighted by atomic mass is 9.87. The molecule has 4 nitrogen and oxygen atoms in total. The Morgan fingerprint density at radius 1 is 1.05 bits per heavy atom. The highest BCUT2D eigenvalue weighted by atomic mass is 16.5. The lowest BCUT2D eigenvalue weighted by Gasteiger charge is -2.24. The van der Waals surface area contributed by atoms with Crippen LogP contribution in [-0.4, -0.2) is 33.0 Å². The summed E-state index contributed by atoms with van der Waals surface area (Å²) < 4.78 is 16.2. The largest absolute Gasteiger partial charge is 0.496 e. The molecule has 1 aliphatic rings. The van der Waals surface area contributed by atoms with Crippen molar-refractivity contribution >= 4 is 0 Å². The number of aliphatic hydroxyl groups excluding tert-OH is 1. The number of benzene rings is 1. The number of rotatable bonds is 5. The Bertz CT molecular complexity index is 456. The number of hydrogen-bond donors (Lipinski definition) is 1. The zero-order valence-corrected chi connectivity index (χ0v) is 12.2. The maximum absolute atomic E-state index is 9.87. The molecule has 1 fully saturated rings. The van der Waals surface area contributed by atoms with Gasteiger partial charge in [0.1, 0.15) is 17.2 Å². The number of methoxy groups -OCH3 is 3. The van der Waals surface area contributed by atoms with Gasteiger partial charge in [0.2, 0.25) is 0 Å². The van der Waals surface area contributed by atoms with Crippen molar-refractivity contribution in [3.8, 4) is 17.2 Å². The van der Waals surface area contributed by atoms with Crippen LogP contribution >= 0.6 is 0 Å². The van der Waals surface area contributed by atoms with Gasteiger partial charge in [-0.2, -0.15) is 0 Å². The zero-order valence-electron chi connectivity index (χ0n) is 12.2. The van der Waals surface area contributed by atoms with Crippen LogP contribution in [0.2, 0.25) is 0 Å². The van der Waals surface area contributed by atoms with Gasteiger partial charge in [0, 0.05) is 23.1 Å². The molecule has 106 valence electrons. The average Bonchev–Trinajstić information content (AvgIpc) is 2.99. The second-order valence-corrected chi connectivity index (χ2v) is 5.71. The van der Waals surface area contributed by atoms with Crippen LogP contribution in [0.15, 0.2) is 12.1 Å². The minimum absolute atomic E-state index is 0.0386. The fourth-order valence-electron chi connectivity index (χ4n) is 2.96. The molecule has 0 aliphatic heterocycles. The van der Waals surface area contributed by atoms with Crippen molar-refractivity contribution in [1.29, 1.82) is 0 Å².